The highest BCUT2D eigenvalue weighted by molar-refractivity contribution is 5.63. The second kappa shape index (κ2) is 6.85. The molecular formula is C17H17FO2. The molecule has 2 aromatic rings. The van der Waals surface area contributed by atoms with Gasteiger partial charge in [-0.3, -0.25) is 0 Å². The minimum atomic E-state index is -0.345. The summed E-state index contributed by atoms with van der Waals surface area (Å²) in [6, 6.07) is 13.8. The summed E-state index contributed by atoms with van der Waals surface area (Å²) in [5.74, 6) is 0.119. The van der Waals surface area contributed by atoms with Crippen molar-refractivity contribution in [2.75, 3.05) is 6.61 Å². The van der Waals surface area contributed by atoms with E-state index in [1.807, 2.05) is 31.2 Å². The summed E-state index contributed by atoms with van der Waals surface area (Å²) in [7, 11) is 0. The Morgan fingerprint density at radius 2 is 2.00 bits per heavy atom. The van der Waals surface area contributed by atoms with E-state index in [1.165, 1.54) is 12.1 Å². The first kappa shape index (κ1) is 14.3. The lowest BCUT2D eigenvalue weighted by Gasteiger charge is -2.12. The van der Waals surface area contributed by atoms with Crippen molar-refractivity contribution in [1.82, 2.24) is 0 Å². The van der Waals surface area contributed by atoms with Gasteiger partial charge in [0.25, 0.3) is 0 Å². The number of halogens is 1. The first-order chi connectivity index (χ1) is 9.72. The highest BCUT2D eigenvalue weighted by Gasteiger charge is 2.12. The van der Waals surface area contributed by atoms with Crippen LogP contribution in [0.2, 0.25) is 0 Å². The molecule has 3 heteroatoms. The smallest absolute Gasteiger partial charge is 0.127 e. The van der Waals surface area contributed by atoms with Gasteiger partial charge in [0.1, 0.15) is 17.9 Å². The topological polar surface area (TPSA) is 26.3 Å². The quantitative estimate of drug-likeness (QED) is 0.749. The third kappa shape index (κ3) is 3.67. The van der Waals surface area contributed by atoms with Crippen molar-refractivity contribution in [3.05, 3.63) is 65.5 Å². The van der Waals surface area contributed by atoms with E-state index in [-0.39, 0.29) is 11.7 Å². The zero-order chi connectivity index (χ0) is 14.4. The summed E-state index contributed by atoms with van der Waals surface area (Å²) in [4.78, 5) is 11.3. The number of carbonyl (C=O) groups is 1. The molecule has 0 fully saturated rings. The lowest BCUT2D eigenvalue weighted by molar-refractivity contribution is -0.109. The highest BCUT2D eigenvalue weighted by atomic mass is 19.1. The van der Waals surface area contributed by atoms with Gasteiger partial charge in [0.2, 0.25) is 0 Å². The monoisotopic (exact) mass is 272 g/mol. The lowest BCUT2D eigenvalue weighted by Crippen LogP contribution is -2.05. The molecular weight excluding hydrogens is 255 g/mol. The molecule has 0 aliphatic heterocycles. The molecule has 0 aliphatic rings. The number of hydrogen-bond acceptors (Lipinski definition) is 2. The summed E-state index contributed by atoms with van der Waals surface area (Å²) < 4.78 is 18.7. The molecule has 0 radical (unpaired) electrons. The van der Waals surface area contributed by atoms with Crippen LogP contribution in [0.3, 0.4) is 0 Å². The van der Waals surface area contributed by atoms with Crippen molar-refractivity contribution in [3.8, 4) is 5.75 Å². The number of hydrogen-bond donors (Lipinski definition) is 0. The normalized spacial score (nSPS) is 11.9. The molecule has 0 saturated heterocycles. The summed E-state index contributed by atoms with van der Waals surface area (Å²) in [5, 5.41) is 0. The summed E-state index contributed by atoms with van der Waals surface area (Å²) in [6.45, 7) is 2.53. The highest BCUT2D eigenvalue weighted by Crippen LogP contribution is 2.22. The zero-order valence-corrected chi connectivity index (χ0v) is 11.4. The molecule has 0 aromatic heterocycles. The Balaban J connectivity index is 2.18. The van der Waals surface area contributed by atoms with E-state index in [4.69, 9.17) is 4.74 Å². The van der Waals surface area contributed by atoms with Crippen LogP contribution in [-0.4, -0.2) is 12.9 Å². The summed E-state index contributed by atoms with van der Waals surface area (Å²) in [6.07, 6.45) is 1.40. The average molecular weight is 272 g/mol. The van der Waals surface area contributed by atoms with Gasteiger partial charge in [0.15, 0.2) is 0 Å². The van der Waals surface area contributed by atoms with Gasteiger partial charge in [-0.15, -0.1) is 0 Å². The van der Waals surface area contributed by atoms with Crippen LogP contribution in [0.1, 0.15) is 24.0 Å². The largest absolute Gasteiger partial charge is 0.494 e. The number of aldehydes is 1. The van der Waals surface area contributed by atoms with Crippen LogP contribution in [0.4, 0.5) is 4.39 Å². The third-order valence-electron chi connectivity index (χ3n) is 3.11. The number of benzene rings is 2. The lowest BCUT2D eigenvalue weighted by atomic mass is 9.93. The van der Waals surface area contributed by atoms with Crippen molar-refractivity contribution in [3.63, 3.8) is 0 Å². The van der Waals surface area contributed by atoms with Crippen molar-refractivity contribution in [2.24, 2.45) is 0 Å². The van der Waals surface area contributed by atoms with Crippen molar-refractivity contribution < 1.29 is 13.9 Å². The average Bonchev–Trinajstić information content (AvgIpc) is 2.45. The van der Waals surface area contributed by atoms with Gasteiger partial charge in [-0.25, -0.2) is 4.39 Å². The molecule has 104 valence electrons. The molecule has 0 amide bonds. The second-order valence-corrected chi connectivity index (χ2v) is 4.58. The van der Waals surface area contributed by atoms with Gasteiger partial charge < -0.3 is 9.53 Å². The SMILES string of the molecule is CCOc1cccc(CC(C=O)c2cccc(F)c2)c1. The van der Waals surface area contributed by atoms with Gasteiger partial charge >= 0.3 is 0 Å². The zero-order valence-electron chi connectivity index (χ0n) is 11.4. The molecule has 2 rings (SSSR count). The third-order valence-corrected chi connectivity index (χ3v) is 3.11. The van der Waals surface area contributed by atoms with E-state index >= 15 is 0 Å². The van der Waals surface area contributed by atoms with Crippen LogP contribution in [0.5, 0.6) is 5.75 Å². The number of ether oxygens (including phenoxy) is 1. The first-order valence-corrected chi connectivity index (χ1v) is 6.65. The molecule has 2 aromatic carbocycles. The van der Waals surface area contributed by atoms with Crippen LogP contribution in [0.25, 0.3) is 0 Å². The number of carbonyl (C=O) groups excluding carboxylic acids is 1. The van der Waals surface area contributed by atoms with Crippen LogP contribution < -0.4 is 4.74 Å². The number of rotatable bonds is 6. The maximum atomic E-state index is 13.2. The van der Waals surface area contributed by atoms with Crippen LogP contribution in [0.15, 0.2) is 48.5 Å². The summed E-state index contributed by atoms with van der Waals surface area (Å²) in [5.41, 5.74) is 1.69. The fraction of sp³-hybridized carbons (Fsp3) is 0.235. The van der Waals surface area contributed by atoms with Crippen molar-refractivity contribution in [1.29, 1.82) is 0 Å². The molecule has 0 heterocycles. The maximum absolute atomic E-state index is 13.2. The van der Waals surface area contributed by atoms with Gasteiger partial charge in [0.05, 0.1) is 6.61 Å². The van der Waals surface area contributed by atoms with Crippen LogP contribution in [0, 0.1) is 5.82 Å². The molecule has 0 spiro atoms. The molecule has 0 aliphatic carbocycles. The fourth-order valence-corrected chi connectivity index (χ4v) is 2.16. The molecule has 1 unspecified atom stereocenters. The minimum absolute atomic E-state index is 0.322. The second-order valence-electron chi connectivity index (χ2n) is 4.58. The fourth-order valence-electron chi connectivity index (χ4n) is 2.16. The van der Waals surface area contributed by atoms with E-state index in [1.54, 1.807) is 12.1 Å². The Bertz CT molecular complexity index is 581. The van der Waals surface area contributed by atoms with Gasteiger partial charge in [0, 0.05) is 5.92 Å². The van der Waals surface area contributed by atoms with E-state index in [9.17, 15) is 9.18 Å². The van der Waals surface area contributed by atoms with Gasteiger partial charge in [-0.05, 0) is 48.7 Å². The molecule has 0 bridgehead atoms. The summed E-state index contributed by atoms with van der Waals surface area (Å²) >= 11 is 0. The van der Waals surface area contributed by atoms with E-state index in [0.29, 0.717) is 18.6 Å². The Hall–Kier alpha value is -2.16. The van der Waals surface area contributed by atoms with E-state index in [0.717, 1.165) is 17.6 Å². The molecule has 0 N–H and O–H groups in total. The Labute approximate surface area is 118 Å². The van der Waals surface area contributed by atoms with E-state index < -0.39 is 0 Å². The van der Waals surface area contributed by atoms with Gasteiger partial charge in [-0.1, -0.05) is 24.3 Å². The van der Waals surface area contributed by atoms with Gasteiger partial charge in [-0.2, -0.15) is 0 Å². The Morgan fingerprint density at radius 1 is 1.20 bits per heavy atom. The minimum Gasteiger partial charge on any atom is -0.494 e. The Morgan fingerprint density at radius 3 is 2.70 bits per heavy atom. The Kier molecular flexibility index (Phi) is 4.88. The van der Waals surface area contributed by atoms with Crippen molar-refractivity contribution >= 4 is 6.29 Å². The maximum Gasteiger partial charge on any atom is 0.127 e. The first-order valence-electron chi connectivity index (χ1n) is 6.65. The predicted octanol–water partition coefficient (Wildman–Crippen LogP) is 3.75. The standard InChI is InChI=1S/C17H17FO2/c1-2-20-17-8-3-5-13(10-17)9-15(12-19)14-6-4-7-16(18)11-14/h3-8,10-12,15H,2,9H2,1H3. The van der Waals surface area contributed by atoms with Crippen LogP contribution >= 0.6 is 0 Å². The predicted molar refractivity (Wildman–Crippen MR) is 76.5 cm³/mol. The molecule has 20 heavy (non-hydrogen) atoms. The van der Waals surface area contributed by atoms with Crippen molar-refractivity contribution in [2.45, 2.75) is 19.3 Å². The van der Waals surface area contributed by atoms with E-state index in [2.05, 4.69) is 0 Å². The van der Waals surface area contributed by atoms with Crippen LogP contribution in [-0.2, 0) is 11.2 Å². The molecule has 0 saturated carbocycles. The molecule has 1 atom stereocenters. The molecule has 2 nitrogen and oxygen atoms in total.